The molecule has 1 aromatic rings. The number of carboxylic acids is 1. The summed E-state index contributed by atoms with van der Waals surface area (Å²) in [5.74, 6) is 1.80. The number of phenols is 1. The van der Waals surface area contributed by atoms with E-state index in [-0.39, 0.29) is 18.8 Å². The smallest absolute Gasteiger partial charge is 0.317 e. The Morgan fingerprint density at radius 3 is 2.79 bits per heavy atom. The van der Waals surface area contributed by atoms with Gasteiger partial charge in [-0.05, 0) is 33.6 Å². The number of carbonyl (C=O) groups is 1. The van der Waals surface area contributed by atoms with Crippen LogP contribution in [0.5, 0.6) is 11.5 Å². The van der Waals surface area contributed by atoms with Gasteiger partial charge in [-0.15, -0.1) is 6.42 Å². The molecule has 1 aromatic carbocycles. The lowest BCUT2D eigenvalue weighted by Gasteiger charge is -2.18. The third-order valence-corrected chi connectivity index (χ3v) is 2.99. The van der Waals surface area contributed by atoms with Gasteiger partial charge in [-0.25, -0.2) is 0 Å². The second kappa shape index (κ2) is 7.02. The van der Waals surface area contributed by atoms with Crippen LogP contribution < -0.4 is 4.74 Å². The summed E-state index contributed by atoms with van der Waals surface area (Å²) in [5, 5.41) is 18.5. The zero-order valence-corrected chi connectivity index (χ0v) is 12.0. The second-order valence-corrected chi connectivity index (χ2v) is 4.73. The highest BCUT2D eigenvalue weighted by Crippen LogP contribution is 2.35. The minimum absolute atomic E-state index is 0.00739. The molecule has 0 aliphatic rings. The fraction of sp³-hybridized carbons (Fsp3) is 0.308. The van der Waals surface area contributed by atoms with Crippen molar-refractivity contribution in [2.75, 3.05) is 20.2 Å². The Labute approximate surface area is 119 Å². The third-order valence-electron chi connectivity index (χ3n) is 2.39. The Kier molecular flexibility index (Phi) is 5.67. The van der Waals surface area contributed by atoms with Crippen molar-refractivity contribution in [1.82, 2.24) is 4.90 Å². The number of aliphatic carboxylic acids is 1. The molecule has 102 valence electrons. The van der Waals surface area contributed by atoms with E-state index in [9.17, 15) is 9.90 Å². The summed E-state index contributed by atoms with van der Waals surface area (Å²) < 4.78 is 5.52. The van der Waals surface area contributed by atoms with Crippen LogP contribution in [-0.4, -0.2) is 41.3 Å². The summed E-state index contributed by atoms with van der Waals surface area (Å²) in [6.07, 6.45) is 5.21. The molecule has 0 heterocycles. The van der Waals surface area contributed by atoms with Crippen LogP contribution in [0, 0.1) is 12.3 Å². The highest BCUT2D eigenvalue weighted by molar-refractivity contribution is 9.10. The van der Waals surface area contributed by atoms with Crippen molar-refractivity contribution in [2.45, 2.75) is 6.54 Å². The molecule has 0 fully saturated rings. The van der Waals surface area contributed by atoms with Crippen LogP contribution in [-0.2, 0) is 11.3 Å². The number of phenolic OH excluding ortho intramolecular Hbond substituents is 1. The molecule has 6 heteroatoms. The van der Waals surface area contributed by atoms with E-state index in [1.54, 1.807) is 17.0 Å². The predicted molar refractivity (Wildman–Crippen MR) is 74.1 cm³/mol. The average molecular weight is 328 g/mol. The van der Waals surface area contributed by atoms with Crippen molar-refractivity contribution < 1.29 is 19.7 Å². The maximum Gasteiger partial charge on any atom is 0.317 e. The van der Waals surface area contributed by atoms with Gasteiger partial charge in [-0.2, -0.15) is 0 Å². The monoisotopic (exact) mass is 327 g/mol. The summed E-state index contributed by atoms with van der Waals surface area (Å²) in [6.45, 7) is 0.434. The van der Waals surface area contributed by atoms with Crippen LogP contribution >= 0.6 is 15.9 Å². The van der Waals surface area contributed by atoms with Gasteiger partial charge in [0, 0.05) is 6.54 Å². The van der Waals surface area contributed by atoms with Crippen molar-refractivity contribution in [3.05, 3.63) is 22.2 Å². The van der Waals surface area contributed by atoms with Crippen LogP contribution in [0.1, 0.15) is 5.56 Å². The van der Waals surface area contributed by atoms with E-state index >= 15 is 0 Å². The first-order valence-corrected chi connectivity index (χ1v) is 6.20. The number of halogens is 1. The molecule has 0 saturated carbocycles. The molecule has 0 amide bonds. The van der Waals surface area contributed by atoms with Gasteiger partial charge in [0.25, 0.3) is 0 Å². The molecule has 0 spiro atoms. The Morgan fingerprint density at radius 2 is 2.26 bits per heavy atom. The van der Waals surface area contributed by atoms with Crippen LogP contribution in [0.2, 0.25) is 0 Å². The van der Waals surface area contributed by atoms with Crippen molar-refractivity contribution in [2.24, 2.45) is 0 Å². The van der Waals surface area contributed by atoms with Gasteiger partial charge in [0.2, 0.25) is 0 Å². The maximum atomic E-state index is 10.7. The molecule has 0 saturated heterocycles. The molecule has 0 atom stereocenters. The largest absolute Gasteiger partial charge is 0.503 e. The number of nitrogens with zero attached hydrogens (tertiary/aromatic N) is 1. The fourth-order valence-electron chi connectivity index (χ4n) is 1.62. The van der Waals surface area contributed by atoms with Gasteiger partial charge in [0.05, 0.1) is 24.7 Å². The van der Waals surface area contributed by atoms with E-state index in [0.29, 0.717) is 16.8 Å². The number of ether oxygens (including phenoxy) is 1. The fourth-order valence-corrected chi connectivity index (χ4v) is 2.11. The van der Waals surface area contributed by atoms with Crippen molar-refractivity contribution in [3.8, 4) is 23.8 Å². The Morgan fingerprint density at radius 1 is 1.58 bits per heavy atom. The summed E-state index contributed by atoms with van der Waals surface area (Å²) in [4.78, 5) is 12.3. The van der Waals surface area contributed by atoms with Gasteiger partial charge >= 0.3 is 5.97 Å². The van der Waals surface area contributed by atoms with Gasteiger partial charge in [0.1, 0.15) is 0 Å². The second-order valence-electron chi connectivity index (χ2n) is 3.87. The predicted octanol–water partition coefficient (Wildman–Crippen LogP) is 1.68. The van der Waals surface area contributed by atoms with Crippen LogP contribution in [0.4, 0.5) is 0 Å². The summed E-state index contributed by atoms with van der Waals surface area (Å²) in [7, 11) is 1.45. The van der Waals surface area contributed by atoms with Gasteiger partial charge in [-0.3, -0.25) is 9.69 Å². The molecule has 1 rings (SSSR count). The average Bonchev–Trinajstić information content (AvgIpc) is 2.33. The standard InChI is InChI=1S/C13H14BrNO4/c1-3-4-15(8-12(16)17)7-9-5-10(14)13(18)11(6-9)19-2/h1,5-6,18H,4,7-8H2,2H3,(H,16,17). The van der Waals surface area contributed by atoms with Gasteiger partial charge < -0.3 is 14.9 Å². The summed E-state index contributed by atoms with van der Waals surface area (Å²) in [6, 6.07) is 3.34. The lowest BCUT2D eigenvalue weighted by atomic mass is 10.2. The first-order valence-electron chi connectivity index (χ1n) is 5.41. The number of terminal acetylenes is 1. The third kappa shape index (κ3) is 4.47. The molecule has 0 aromatic heterocycles. The topological polar surface area (TPSA) is 70.0 Å². The van der Waals surface area contributed by atoms with Crippen LogP contribution in [0.15, 0.2) is 16.6 Å². The molecule has 5 nitrogen and oxygen atoms in total. The molecule has 2 N–H and O–H groups in total. The molecule has 0 bridgehead atoms. The highest BCUT2D eigenvalue weighted by atomic mass is 79.9. The first kappa shape index (κ1) is 15.3. The first-order chi connectivity index (χ1) is 8.97. The van der Waals surface area contributed by atoms with E-state index in [1.165, 1.54) is 7.11 Å². The number of carboxylic acid groups (broad SMARTS) is 1. The normalized spacial score (nSPS) is 10.2. The molecule has 0 aliphatic heterocycles. The molecule has 0 aliphatic carbocycles. The Balaban J connectivity index is 2.93. The summed E-state index contributed by atoms with van der Waals surface area (Å²) >= 11 is 3.21. The minimum atomic E-state index is -0.944. The Hall–Kier alpha value is -1.71. The summed E-state index contributed by atoms with van der Waals surface area (Å²) in [5.41, 5.74) is 0.790. The van der Waals surface area contributed by atoms with Crippen LogP contribution in [0.3, 0.4) is 0 Å². The van der Waals surface area contributed by atoms with Gasteiger partial charge in [-0.1, -0.05) is 5.92 Å². The Bertz CT molecular complexity index is 510. The molecule has 0 radical (unpaired) electrons. The van der Waals surface area contributed by atoms with Crippen LogP contribution in [0.25, 0.3) is 0 Å². The lowest BCUT2D eigenvalue weighted by Crippen LogP contribution is -2.29. The highest BCUT2D eigenvalue weighted by Gasteiger charge is 2.13. The molecular weight excluding hydrogens is 314 g/mol. The zero-order valence-electron chi connectivity index (χ0n) is 10.4. The minimum Gasteiger partial charge on any atom is -0.503 e. The number of hydrogen-bond donors (Lipinski definition) is 2. The number of rotatable bonds is 6. The van der Waals surface area contributed by atoms with E-state index < -0.39 is 5.97 Å². The van der Waals surface area contributed by atoms with E-state index in [1.807, 2.05) is 0 Å². The number of aromatic hydroxyl groups is 1. The zero-order chi connectivity index (χ0) is 14.4. The van der Waals surface area contributed by atoms with Crippen molar-refractivity contribution >= 4 is 21.9 Å². The lowest BCUT2D eigenvalue weighted by molar-refractivity contribution is -0.138. The SMILES string of the molecule is C#CCN(CC(=O)O)Cc1cc(Br)c(O)c(OC)c1. The maximum absolute atomic E-state index is 10.7. The van der Waals surface area contributed by atoms with Crippen molar-refractivity contribution in [1.29, 1.82) is 0 Å². The number of benzene rings is 1. The molecule has 0 unspecified atom stereocenters. The quantitative estimate of drug-likeness (QED) is 0.778. The number of hydrogen-bond acceptors (Lipinski definition) is 4. The van der Waals surface area contributed by atoms with E-state index in [4.69, 9.17) is 16.3 Å². The molecular formula is C13H14BrNO4. The molecule has 19 heavy (non-hydrogen) atoms. The van der Waals surface area contributed by atoms with E-state index in [2.05, 4.69) is 21.9 Å². The number of methoxy groups -OCH3 is 1. The van der Waals surface area contributed by atoms with E-state index in [0.717, 1.165) is 5.56 Å². The van der Waals surface area contributed by atoms with Gasteiger partial charge in [0.15, 0.2) is 11.5 Å². The van der Waals surface area contributed by atoms with Crippen molar-refractivity contribution in [3.63, 3.8) is 0 Å².